The van der Waals surface area contributed by atoms with Crippen LogP contribution in [0.4, 0.5) is 5.69 Å². The lowest BCUT2D eigenvalue weighted by Gasteiger charge is -2.35. The molecule has 0 spiro atoms. The monoisotopic (exact) mass is 233 g/mol. The van der Waals surface area contributed by atoms with Crippen LogP contribution in [0.25, 0.3) is 0 Å². The van der Waals surface area contributed by atoms with Gasteiger partial charge in [0.1, 0.15) is 0 Å². The van der Waals surface area contributed by atoms with Crippen molar-refractivity contribution in [3.63, 3.8) is 0 Å². The van der Waals surface area contributed by atoms with Gasteiger partial charge in [0, 0.05) is 31.5 Å². The first kappa shape index (κ1) is 12.4. The normalized spacial score (nSPS) is 24.6. The Bertz CT molecular complexity index is 356. The standard InChI is InChI=1S/C14H23N3/c1-11-3-5-13(6-4-11)17(2)14-7-8-16-12(9-14)10-15/h7-9,11,13H,3-6,10,15H2,1-2H3. The Kier molecular flexibility index (Phi) is 4.00. The van der Waals surface area contributed by atoms with Crippen LogP contribution in [0.5, 0.6) is 0 Å². The molecule has 2 N–H and O–H groups in total. The molecule has 3 heteroatoms. The molecule has 1 aliphatic rings. The summed E-state index contributed by atoms with van der Waals surface area (Å²) in [7, 11) is 2.19. The van der Waals surface area contributed by atoms with E-state index >= 15 is 0 Å². The maximum atomic E-state index is 5.63. The Labute approximate surface area is 104 Å². The van der Waals surface area contributed by atoms with E-state index in [0.29, 0.717) is 12.6 Å². The van der Waals surface area contributed by atoms with Gasteiger partial charge in [0.2, 0.25) is 0 Å². The Morgan fingerprint density at radius 2 is 2.06 bits per heavy atom. The Morgan fingerprint density at radius 3 is 2.71 bits per heavy atom. The summed E-state index contributed by atoms with van der Waals surface area (Å²) in [6, 6.07) is 4.87. The van der Waals surface area contributed by atoms with Crippen molar-refractivity contribution in [2.45, 2.75) is 45.2 Å². The van der Waals surface area contributed by atoms with Gasteiger partial charge in [-0.05, 0) is 43.7 Å². The number of pyridine rings is 1. The SMILES string of the molecule is CC1CCC(N(C)c2ccnc(CN)c2)CC1. The Hall–Kier alpha value is -1.09. The molecule has 1 heterocycles. The second-order valence-electron chi connectivity index (χ2n) is 5.23. The molecule has 0 bridgehead atoms. The summed E-state index contributed by atoms with van der Waals surface area (Å²) in [5.41, 5.74) is 7.86. The molecule has 0 aromatic carbocycles. The minimum atomic E-state index is 0.517. The molecule has 0 radical (unpaired) electrons. The molecule has 3 nitrogen and oxygen atoms in total. The molecule has 1 aromatic heterocycles. The van der Waals surface area contributed by atoms with Crippen LogP contribution in [-0.2, 0) is 6.54 Å². The summed E-state index contributed by atoms with van der Waals surface area (Å²) in [5, 5.41) is 0. The van der Waals surface area contributed by atoms with Crippen molar-refractivity contribution >= 4 is 5.69 Å². The number of nitrogens with zero attached hydrogens (tertiary/aromatic N) is 2. The molecule has 1 aliphatic carbocycles. The van der Waals surface area contributed by atoms with E-state index in [4.69, 9.17) is 5.73 Å². The molecule has 1 saturated carbocycles. The van der Waals surface area contributed by atoms with Crippen molar-refractivity contribution in [3.05, 3.63) is 24.0 Å². The lowest BCUT2D eigenvalue weighted by molar-refractivity contribution is 0.340. The summed E-state index contributed by atoms with van der Waals surface area (Å²) < 4.78 is 0. The molecule has 0 amide bonds. The van der Waals surface area contributed by atoms with Crippen LogP contribution in [0.1, 0.15) is 38.3 Å². The summed E-state index contributed by atoms with van der Waals surface area (Å²) in [4.78, 5) is 6.64. The zero-order valence-electron chi connectivity index (χ0n) is 10.9. The van der Waals surface area contributed by atoms with Gasteiger partial charge in [-0.2, -0.15) is 0 Å². The van der Waals surface area contributed by atoms with E-state index in [1.807, 2.05) is 6.20 Å². The van der Waals surface area contributed by atoms with Gasteiger partial charge in [-0.1, -0.05) is 6.92 Å². The lowest BCUT2D eigenvalue weighted by Crippen LogP contribution is -2.34. The lowest BCUT2D eigenvalue weighted by atomic mass is 9.86. The summed E-state index contributed by atoms with van der Waals surface area (Å²) in [6.07, 6.45) is 7.17. The fraction of sp³-hybridized carbons (Fsp3) is 0.643. The summed E-state index contributed by atoms with van der Waals surface area (Å²) in [5.74, 6) is 0.900. The average molecular weight is 233 g/mol. The second-order valence-corrected chi connectivity index (χ2v) is 5.23. The molecule has 94 valence electrons. The van der Waals surface area contributed by atoms with E-state index in [-0.39, 0.29) is 0 Å². The molecular formula is C14H23N3. The Balaban J connectivity index is 2.05. The number of aromatic nitrogens is 1. The molecule has 17 heavy (non-hydrogen) atoms. The van der Waals surface area contributed by atoms with Crippen molar-refractivity contribution in [2.75, 3.05) is 11.9 Å². The zero-order chi connectivity index (χ0) is 12.3. The topological polar surface area (TPSA) is 42.2 Å². The van der Waals surface area contributed by atoms with Gasteiger partial charge in [0.05, 0.1) is 5.69 Å². The smallest absolute Gasteiger partial charge is 0.0560 e. The molecular weight excluding hydrogens is 210 g/mol. The van der Waals surface area contributed by atoms with E-state index in [2.05, 4.69) is 36.0 Å². The number of rotatable bonds is 3. The van der Waals surface area contributed by atoms with Crippen molar-refractivity contribution in [1.29, 1.82) is 0 Å². The van der Waals surface area contributed by atoms with Crippen molar-refractivity contribution in [3.8, 4) is 0 Å². The van der Waals surface area contributed by atoms with E-state index < -0.39 is 0 Å². The third-order valence-corrected chi connectivity index (χ3v) is 3.95. The van der Waals surface area contributed by atoms with Crippen molar-refractivity contribution in [2.24, 2.45) is 11.7 Å². The number of hydrogen-bond donors (Lipinski definition) is 1. The third kappa shape index (κ3) is 2.97. The molecule has 1 aromatic rings. The molecule has 0 saturated heterocycles. The number of anilines is 1. The first-order valence-corrected chi connectivity index (χ1v) is 6.58. The predicted molar refractivity (Wildman–Crippen MR) is 72.0 cm³/mol. The number of nitrogens with two attached hydrogens (primary N) is 1. The van der Waals surface area contributed by atoms with Crippen LogP contribution in [0.15, 0.2) is 18.3 Å². The van der Waals surface area contributed by atoms with Crippen molar-refractivity contribution in [1.82, 2.24) is 4.98 Å². The highest BCUT2D eigenvalue weighted by Crippen LogP contribution is 2.29. The van der Waals surface area contributed by atoms with Crippen LogP contribution in [-0.4, -0.2) is 18.1 Å². The van der Waals surface area contributed by atoms with Gasteiger partial charge >= 0.3 is 0 Å². The van der Waals surface area contributed by atoms with Crippen LogP contribution in [0.2, 0.25) is 0 Å². The Morgan fingerprint density at radius 1 is 1.35 bits per heavy atom. The maximum Gasteiger partial charge on any atom is 0.0560 e. The molecule has 1 fully saturated rings. The van der Waals surface area contributed by atoms with E-state index in [1.165, 1.54) is 31.4 Å². The minimum Gasteiger partial charge on any atom is -0.372 e. The van der Waals surface area contributed by atoms with Gasteiger partial charge in [0.15, 0.2) is 0 Å². The highest BCUT2D eigenvalue weighted by Gasteiger charge is 2.21. The fourth-order valence-corrected chi connectivity index (χ4v) is 2.64. The van der Waals surface area contributed by atoms with Crippen LogP contribution in [0, 0.1) is 5.92 Å². The fourth-order valence-electron chi connectivity index (χ4n) is 2.64. The quantitative estimate of drug-likeness (QED) is 0.872. The first-order chi connectivity index (χ1) is 8.20. The van der Waals surface area contributed by atoms with E-state index in [0.717, 1.165) is 11.6 Å². The van der Waals surface area contributed by atoms with Gasteiger partial charge in [-0.15, -0.1) is 0 Å². The average Bonchev–Trinajstić information content (AvgIpc) is 2.39. The zero-order valence-corrected chi connectivity index (χ0v) is 10.9. The second kappa shape index (κ2) is 5.50. The first-order valence-electron chi connectivity index (χ1n) is 6.58. The van der Waals surface area contributed by atoms with E-state index in [9.17, 15) is 0 Å². The molecule has 0 atom stereocenters. The van der Waals surface area contributed by atoms with Crippen LogP contribution < -0.4 is 10.6 Å². The summed E-state index contributed by atoms with van der Waals surface area (Å²) in [6.45, 7) is 2.87. The molecule has 0 aliphatic heterocycles. The molecule has 2 rings (SSSR count). The van der Waals surface area contributed by atoms with Gasteiger partial charge in [-0.25, -0.2) is 0 Å². The summed E-state index contributed by atoms with van der Waals surface area (Å²) >= 11 is 0. The van der Waals surface area contributed by atoms with Crippen LogP contribution in [0.3, 0.4) is 0 Å². The van der Waals surface area contributed by atoms with Gasteiger partial charge in [0.25, 0.3) is 0 Å². The highest BCUT2D eigenvalue weighted by atomic mass is 15.1. The largest absolute Gasteiger partial charge is 0.372 e. The molecule has 0 unspecified atom stereocenters. The highest BCUT2D eigenvalue weighted by molar-refractivity contribution is 5.46. The predicted octanol–water partition coefficient (Wildman–Crippen LogP) is 2.56. The van der Waals surface area contributed by atoms with Crippen molar-refractivity contribution < 1.29 is 0 Å². The van der Waals surface area contributed by atoms with E-state index in [1.54, 1.807) is 0 Å². The minimum absolute atomic E-state index is 0.517. The van der Waals surface area contributed by atoms with Gasteiger partial charge in [-0.3, -0.25) is 4.98 Å². The van der Waals surface area contributed by atoms with Gasteiger partial charge < -0.3 is 10.6 Å². The van der Waals surface area contributed by atoms with Crippen LogP contribution >= 0.6 is 0 Å². The maximum absolute atomic E-state index is 5.63. The third-order valence-electron chi connectivity index (χ3n) is 3.95. The number of hydrogen-bond acceptors (Lipinski definition) is 3.